The average Bonchev–Trinajstić information content (AvgIpc) is 3.33. The van der Waals surface area contributed by atoms with Crippen LogP contribution in [0.1, 0.15) is 47.7 Å². The fraction of sp³-hybridized carbons (Fsp3) is 0.522. The van der Waals surface area contributed by atoms with Crippen LogP contribution in [0.15, 0.2) is 35.0 Å². The lowest BCUT2D eigenvalue weighted by Crippen LogP contribution is -2.68. The van der Waals surface area contributed by atoms with Gasteiger partial charge >= 0.3 is 0 Å². The normalized spacial score (nSPS) is 29.4. The molecule has 3 atom stereocenters. The largest absolute Gasteiger partial charge is 0.508 e. The van der Waals surface area contributed by atoms with Crippen molar-refractivity contribution in [3.63, 3.8) is 0 Å². The van der Waals surface area contributed by atoms with Crippen LogP contribution in [0, 0.1) is 5.92 Å². The number of aromatic hydroxyl groups is 1. The lowest BCUT2D eigenvalue weighted by Gasteiger charge is -2.58. The van der Waals surface area contributed by atoms with Crippen LogP contribution in [-0.4, -0.2) is 53.0 Å². The SMILES string of the molecule is CN(C(=O)c1ccsc1)[C@@H]1[C@H]2Cc3ccc(O)cc3[C@@]1(C)CCN2CC1CC1. The van der Waals surface area contributed by atoms with Crippen LogP contribution in [0.4, 0.5) is 0 Å². The molecule has 0 radical (unpaired) electrons. The van der Waals surface area contributed by atoms with E-state index in [1.165, 1.54) is 24.0 Å². The van der Waals surface area contributed by atoms with Crippen LogP contribution < -0.4 is 0 Å². The van der Waals surface area contributed by atoms with Crippen LogP contribution in [0.5, 0.6) is 5.75 Å². The zero-order valence-electron chi connectivity index (χ0n) is 16.6. The van der Waals surface area contributed by atoms with Gasteiger partial charge in [0.05, 0.1) is 11.6 Å². The van der Waals surface area contributed by atoms with E-state index in [-0.39, 0.29) is 17.4 Å². The molecule has 0 spiro atoms. The highest BCUT2D eigenvalue weighted by Crippen LogP contribution is 2.48. The lowest BCUT2D eigenvalue weighted by atomic mass is 9.61. The first-order valence-corrected chi connectivity index (χ1v) is 11.3. The third kappa shape index (κ3) is 2.87. The molecule has 2 bridgehead atoms. The standard InChI is InChI=1S/C23H28N2O2S/c1-23-8-9-25(13-15-3-4-15)20(11-16-5-6-18(26)12-19(16)23)21(23)24(2)22(27)17-7-10-28-14-17/h5-7,10,12,14-15,20-21,26H,3-4,8-9,11,13H2,1-2H3/t20-,21-,23-/m1/s1. The van der Waals surface area contributed by atoms with Crippen LogP contribution in [0.25, 0.3) is 0 Å². The Hall–Kier alpha value is -1.85. The summed E-state index contributed by atoms with van der Waals surface area (Å²) in [5.74, 6) is 1.27. The van der Waals surface area contributed by atoms with E-state index < -0.39 is 0 Å². The molecule has 1 saturated heterocycles. The summed E-state index contributed by atoms with van der Waals surface area (Å²) in [6.07, 6.45) is 4.65. The second-order valence-corrected chi connectivity index (χ2v) is 9.87. The fourth-order valence-corrected chi connectivity index (χ4v) is 6.24. The summed E-state index contributed by atoms with van der Waals surface area (Å²) in [5, 5.41) is 14.1. The number of carbonyl (C=O) groups excluding carboxylic acids is 1. The molecule has 3 aliphatic rings. The van der Waals surface area contributed by atoms with E-state index in [2.05, 4.69) is 17.9 Å². The summed E-state index contributed by atoms with van der Waals surface area (Å²) in [6.45, 7) is 4.53. The fourth-order valence-electron chi connectivity index (χ4n) is 5.61. The van der Waals surface area contributed by atoms with E-state index in [1.807, 2.05) is 40.9 Å². The molecule has 28 heavy (non-hydrogen) atoms. The minimum Gasteiger partial charge on any atom is -0.508 e. The zero-order chi connectivity index (χ0) is 19.5. The van der Waals surface area contributed by atoms with Gasteiger partial charge in [0.15, 0.2) is 0 Å². The Morgan fingerprint density at radius 3 is 2.89 bits per heavy atom. The Bertz CT molecular complexity index is 892. The number of likely N-dealkylation sites (tertiary alicyclic amines) is 1. The second-order valence-electron chi connectivity index (χ2n) is 9.09. The number of hydrogen-bond donors (Lipinski definition) is 1. The smallest absolute Gasteiger partial charge is 0.254 e. The molecule has 2 aromatic rings. The number of likely N-dealkylation sites (N-methyl/N-ethyl adjacent to an activating group) is 1. The van der Waals surface area contributed by atoms with Crippen molar-refractivity contribution in [2.24, 2.45) is 5.92 Å². The predicted molar refractivity (Wildman–Crippen MR) is 112 cm³/mol. The Labute approximate surface area is 170 Å². The number of fused-ring (bicyclic) bond motifs is 4. The van der Waals surface area contributed by atoms with E-state index in [1.54, 1.807) is 11.3 Å². The van der Waals surface area contributed by atoms with Crippen LogP contribution in [0.2, 0.25) is 0 Å². The zero-order valence-corrected chi connectivity index (χ0v) is 17.4. The van der Waals surface area contributed by atoms with E-state index in [0.717, 1.165) is 37.4 Å². The quantitative estimate of drug-likeness (QED) is 0.853. The van der Waals surface area contributed by atoms with Gasteiger partial charge in [-0.2, -0.15) is 11.3 Å². The maximum absolute atomic E-state index is 13.3. The molecule has 1 aliphatic heterocycles. The van der Waals surface area contributed by atoms with Crippen molar-refractivity contribution in [1.29, 1.82) is 0 Å². The van der Waals surface area contributed by atoms with Crippen molar-refractivity contribution in [2.45, 2.75) is 50.1 Å². The number of thiophene rings is 1. The van der Waals surface area contributed by atoms with Gasteiger partial charge in [-0.05, 0) is 72.9 Å². The highest BCUT2D eigenvalue weighted by atomic mass is 32.1. The molecule has 1 aromatic heterocycles. The first-order chi connectivity index (χ1) is 13.5. The molecule has 1 aromatic carbocycles. The number of hydrogen-bond acceptors (Lipinski definition) is 4. The third-order valence-corrected chi connectivity index (χ3v) is 7.92. The van der Waals surface area contributed by atoms with Crippen molar-refractivity contribution in [3.8, 4) is 5.75 Å². The maximum Gasteiger partial charge on any atom is 0.254 e. The second kappa shape index (κ2) is 6.60. The highest BCUT2D eigenvalue weighted by molar-refractivity contribution is 7.08. The molecule has 0 unspecified atom stereocenters. The van der Waals surface area contributed by atoms with Crippen molar-refractivity contribution >= 4 is 17.2 Å². The van der Waals surface area contributed by atoms with Gasteiger partial charge in [0.2, 0.25) is 0 Å². The minimum absolute atomic E-state index is 0.111. The lowest BCUT2D eigenvalue weighted by molar-refractivity contribution is -0.00726. The van der Waals surface area contributed by atoms with Gasteiger partial charge in [-0.3, -0.25) is 9.69 Å². The number of phenolic OH excluding ortho intramolecular Hbond substituents is 1. The first-order valence-electron chi connectivity index (χ1n) is 10.3. The monoisotopic (exact) mass is 396 g/mol. The highest BCUT2D eigenvalue weighted by Gasteiger charge is 2.53. The topological polar surface area (TPSA) is 43.8 Å². The van der Waals surface area contributed by atoms with E-state index in [0.29, 0.717) is 11.8 Å². The molecular formula is C23H28N2O2S. The number of nitrogens with zero attached hydrogens (tertiary/aromatic N) is 2. The molecule has 4 nitrogen and oxygen atoms in total. The van der Waals surface area contributed by atoms with Crippen LogP contribution in [-0.2, 0) is 11.8 Å². The molecular weight excluding hydrogens is 368 g/mol. The molecule has 5 heteroatoms. The van der Waals surface area contributed by atoms with Gasteiger partial charge < -0.3 is 10.0 Å². The van der Waals surface area contributed by atoms with Crippen molar-refractivity contribution < 1.29 is 9.90 Å². The first kappa shape index (κ1) is 18.2. The van der Waals surface area contributed by atoms with Crippen molar-refractivity contribution in [3.05, 3.63) is 51.7 Å². The maximum atomic E-state index is 13.3. The molecule has 2 heterocycles. The minimum atomic E-state index is -0.141. The molecule has 1 amide bonds. The summed E-state index contributed by atoms with van der Waals surface area (Å²) < 4.78 is 0. The Kier molecular flexibility index (Phi) is 4.29. The van der Waals surface area contributed by atoms with Crippen molar-refractivity contribution in [2.75, 3.05) is 20.1 Å². The number of benzene rings is 1. The number of carbonyl (C=O) groups is 1. The number of amides is 1. The molecule has 2 aliphatic carbocycles. The summed E-state index contributed by atoms with van der Waals surface area (Å²) in [5.41, 5.74) is 3.20. The van der Waals surface area contributed by atoms with Crippen molar-refractivity contribution in [1.82, 2.24) is 9.80 Å². The third-order valence-electron chi connectivity index (χ3n) is 7.24. The molecule has 148 valence electrons. The van der Waals surface area contributed by atoms with Gasteiger partial charge in [0.1, 0.15) is 5.75 Å². The van der Waals surface area contributed by atoms with Crippen LogP contribution >= 0.6 is 11.3 Å². The van der Waals surface area contributed by atoms with Gasteiger partial charge in [0, 0.05) is 30.4 Å². The number of phenols is 1. The summed E-state index contributed by atoms with van der Waals surface area (Å²) >= 11 is 1.57. The molecule has 1 N–H and O–H groups in total. The number of piperidine rings is 1. The van der Waals surface area contributed by atoms with Gasteiger partial charge in [-0.1, -0.05) is 13.0 Å². The summed E-state index contributed by atoms with van der Waals surface area (Å²) in [7, 11) is 1.98. The summed E-state index contributed by atoms with van der Waals surface area (Å²) in [4.78, 5) is 17.9. The van der Waals surface area contributed by atoms with Crippen LogP contribution in [0.3, 0.4) is 0 Å². The van der Waals surface area contributed by atoms with E-state index in [4.69, 9.17) is 0 Å². The van der Waals surface area contributed by atoms with Gasteiger partial charge in [-0.15, -0.1) is 0 Å². The average molecular weight is 397 g/mol. The predicted octanol–water partition coefficient (Wildman–Crippen LogP) is 3.89. The Morgan fingerprint density at radius 2 is 2.18 bits per heavy atom. The molecule has 1 saturated carbocycles. The van der Waals surface area contributed by atoms with Gasteiger partial charge in [0.25, 0.3) is 5.91 Å². The molecule has 5 rings (SSSR count). The Balaban J connectivity index is 1.57. The van der Waals surface area contributed by atoms with Gasteiger partial charge in [-0.25, -0.2) is 0 Å². The van der Waals surface area contributed by atoms with E-state index in [9.17, 15) is 9.90 Å². The molecule has 2 fully saturated rings. The summed E-state index contributed by atoms with van der Waals surface area (Å²) in [6, 6.07) is 8.21. The number of rotatable bonds is 4. The Morgan fingerprint density at radius 1 is 1.36 bits per heavy atom. The van der Waals surface area contributed by atoms with E-state index >= 15 is 0 Å².